The zero-order chi connectivity index (χ0) is 10.7. The maximum absolute atomic E-state index is 13.0. The lowest BCUT2D eigenvalue weighted by Gasteiger charge is -2.01. The Morgan fingerprint density at radius 1 is 1.64 bits per heavy atom. The van der Waals surface area contributed by atoms with Crippen LogP contribution in [0.15, 0.2) is 9.95 Å². The van der Waals surface area contributed by atoms with Gasteiger partial charge in [0.2, 0.25) is 5.82 Å². The van der Waals surface area contributed by atoms with E-state index in [4.69, 9.17) is 0 Å². The molecule has 14 heavy (non-hydrogen) atoms. The number of carbonyl (C=O) groups is 1. The molecule has 0 saturated carbocycles. The van der Waals surface area contributed by atoms with Crippen LogP contribution in [0, 0.1) is 5.82 Å². The molecule has 0 aliphatic rings. The molecule has 5 nitrogen and oxygen atoms in total. The molecule has 1 N–H and O–H groups in total. The summed E-state index contributed by atoms with van der Waals surface area (Å²) in [6.45, 7) is 0. The van der Waals surface area contributed by atoms with Crippen LogP contribution in [0.5, 0.6) is 0 Å². The number of carbonyl (C=O) groups excluding carboxylic acids is 1. The Hall–Kier alpha value is -1.37. The summed E-state index contributed by atoms with van der Waals surface area (Å²) in [5.41, 5.74) is -1.58. The van der Waals surface area contributed by atoms with Crippen molar-refractivity contribution >= 4 is 17.7 Å². The predicted octanol–water partition coefficient (Wildman–Crippen LogP) is 0.418. The van der Waals surface area contributed by atoms with Crippen LogP contribution in [-0.4, -0.2) is 29.3 Å². The van der Waals surface area contributed by atoms with Gasteiger partial charge in [0.25, 0.3) is 5.56 Å². The minimum absolute atomic E-state index is 0.164. The second kappa shape index (κ2) is 4.23. The Morgan fingerprint density at radius 3 is 2.79 bits per heavy atom. The first-order valence-corrected chi connectivity index (χ1v) is 4.74. The second-order valence-corrected chi connectivity index (χ2v) is 3.02. The maximum Gasteiger partial charge on any atom is 0.360 e. The Bertz CT molecular complexity index is 418. The number of nitrogens with one attached hydrogen (secondary N) is 1. The summed E-state index contributed by atoms with van der Waals surface area (Å²) >= 11 is 1.09. The van der Waals surface area contributed by atoms with Crippen LogP contribution in [0.25, 0.3) is 0 Å². The van der Waals surface area contributed by atoms with Crippen molar-refractivity contribution < 1.29 is 13.9 Å². The highest BCUT2D eigenvalue weighted by atomic mass is 32.2. The monoisotopic (exact) mass is 218 g/mol. The lowest BCUT2D eigenvalue weighted by atomic mass is 10.4. The fourth-order valence-corrected chi connectivity index (χ4v) is 1.14. The van der Waals surface area contributed by atoms with E-state index in [0.29, 0.717) is 0 Å². The van der Waals surface area contributed by atoms with E-state index in [1.54, 1.807) is 6.26 Å². The molecule has 76 valence electrons. The minimum atomic E-state index is -1.23. The molecule has 0 atom stereocenters. The molecule has 0 bridgehead atoms. The molecule has 0 saturated heterocycles. The van der Waals surface area contributed by atoms with Crippen molar-refractivity contribution in [2.75, 3.05) is 13.4 Å². The van der Waals surface area contributed by atoms with Gasteiger partial charge in [-0.2, -0.15) is 4.39 Å². The number of methoxy groups -OCH3 is 1. The number of halogens is 1. The molecule has 1 aromatic rings. The highest BCUT2D eigenvalue weighted by Crippen LogP contribution is 2.08. The Labute approximate surface area is 82.7 Å². The van der Waals surface area contributed by atoms with E-state index in [9.17, 15) is 14.0 Å². The lowest BCUT2D eigenvalue weighted by molar-refractivity contribution is 0.0586. The zero-order valence-corrected chi connectivity index (χ0v) is 8.27. The van der Waals surface area contributed by atoms with Crippen LogP contribution in [0.4, 0.5) is 4.39 Å². The molecule has 0 amide bonds. The number of aromatic amines is 1. The summed E-state index contributed by atoms with van der Waals surface area (Å²) in [7, 11) is 1.09. The largest absolute Gasteiger partial charge is 0.464 e. The van der Waals surface area contributed by atoms with E-state index < -0.39 is 23.0 Å². The van der Waals surface area contributed by atoms with Crippen molar-refractivity contribution in [3.8, 4) is 0 Å². The number of hydrogen-bond donors (Lipinski definition) is 1. The summed E-state index contributed by atoms with van der Waals surface area (Å²) in [5, 5.41) is 0.164. The first kappa shape index (κ1) is 10.7. The normalized spacial score (nSPS) is 9.93. The van der Waals surface area contributed by atoms with Gasteiger partial charge in [0.05, 0.1) is 7.11 Å². The smallest absolute Gasteiger partial charge is 0.360 e. The van der Waals surface area contributed by atoms with Crippen LogP contribution < -0.4 is 5.56 Å². The van der Waals surface area contributed by atoms with Crippen LogP contribution >= 0.6 is 11.8 Å². The number of thioether (sulfide) groups is 1. The highest BCUT2D eigenvalue weighted by Gasteiger charge is 2.18. The van der Waals surface area contributed by atoms with Crippen LogP contribution in [-0.2, 0) is 4.74 Å². The Balaban J connectivity index is 3.34. The molecule has 7 heteroatoms. The van der Waals surface area contributed by atoms with Crippen molar-refractivity contribution in [1.29, 1.82) is 0 Å². The standard InChI is InChI=1S/C7H7FN2O3S/c1-13-6(12)4-3(8)5(11)10-7(9-4)14-2/h1-2H3,(H,9,10,11). The van der Waals surface area contributed by atoms with Gasteiger partial charge in [0.1, 0.15) is 0 Å². The average Bonchev–Trinajstić information content (AvgIpc) is 2.20. The van der Waals surface area contributed by atoms with E-state index in [1.165, 1.54) is 0 Å². The van der Waals surface area contributed by atoms with Gasteiger partial charge >= 0.3 is 5.97 Å². The number of esters is 1. The summed E-state index contributed by atoms with van der Waals surface area (Å²) in [6.07, 6.45) is 1.64. The third kappa shape index (κ3) is 1.92. The maximum atomic E-state index is 13.0. The molecule has 1 rings (SSSR count). The molecule has 1 heterocycles. The van der Waals surface area contributed by atoms with Gasteiger partial charge in [0, 0.05) is 0 Å². The van der Waals surface area contributed by atoms with E-state index in [-0.39, 0.29) is 5.16 Å². The predicted molar refractivity (Wildman–Crippen MR) is 47.9 cm³/mol. The third-order valence-electron chi connectivity index (χ3n) is 1.41. The molecule has 0 unspecified atom stereocenters. The van der Waals surface area contributed by atoms with Crippen LogP contribution in [0.1, 0.15) is 10.5 Å². The highest BCUT2D eigenvalue weighted by molar-refractivity contribution is 7.98. The summed E-state index contributed by atoms with van der Waals surface area (Å²) in [6, 6.07) is 0. The zero-order valence-electron chi connectivity index (χ0n) is 7.46. The Kier molecular flexibility index (Phi) is 3.23. The van der Waals surface area contributed by atoms with Crippen LogP contribution in [0.3, 0.4) is 0 Å². The van der Waals surface area contributed by atoms with Gasteiger partial charge in [0.15, 0.2) is 10.9 Å². The Morgan fingerprint density at radius 2 is 2.29 bits per heavy atom. The third-order valence-corrected chi connectivity index (χ3v) is 1.99. The fourth-order valence-electron chi connectivity index (χ4n) is 0.767. The molecule has 0 radical (unpaired) electrons. The number of ether oxygens (including phenoxy) is 1. The van der Waals surface area contributed by atoms with Gasteiger partial charge < -0.3 is 4.74 Å². The SMILES string of the molecule is COC(=O)c1nc(SC)[nH]c(=O)c1F. The van der Waals surface area contributed by atoms with E-state index >= 15 is 0 Å². The molecule has 0 aromatic carbocycles. The van der Waals surface area contributed by atoms with Crippen molar-refractivity contribution in [3.63, 3.8) is 0 Å². The van der Waals surface area contributed by atoms with Gasteiger partial charge in [-0.05, 0) is 6.26 Å². The molecule has 0 aliphatic carbocycles. The number of hydrogen-bond acceptors (Lipinski definition) is 5. The number of H-pyrrole nitrogens is 1. The number of rotatable bonds is 2. The molecule has 0 fully saturated rings. The number of nitrogens with zero attached hydrogens (tertiary/aromatic N) is 1. The molecule has 0 aliphatic heterocycles. The van der Waals surface area contributed by atoms with Crippen LogP contribution in [0.2, 0.25) is 0 Å². The van der Waals surface area contributed by atoms with E-state index in [1.807, 2.05) is 0 Å². The summed E-state index contributed by atoms with van der Waals surface area (Å²) < 4.78 is 17.3. The second-order valence-electron chi connectivity index (χ2n) is 2.23. The fraction of sp³-hybridized carbons (Fsp3) is 0.286. The van der Waals surface area contributed by atoms with Gasteiger partial charge in [-0.1, -0.05) is 11.8 Å². The van der Waals surface area contributed by atoms with Crippen molar-refractivity contribution in [2.24, 2.45) is 0 Å². The average molecular weight is 218 g/mol. The topological polar surface area (TPSA) is 72.0 Å². The summed E-state index contributed by atoms with van der Waals surface area (Å²) in [4.78, 5) is 27.7. The molecular weight excluding hydrogens is 211 g/mol. The first-order chi connectivity index (χ1) is 6.60. The van der Waals surface area contributed by atoms with Crippen molar-refractivity contribution in [2.45, 2.75) is 5.16 Å². The van der Waals surface area contributed by atoms with Gasteiger partial charge in [-0.15, -0.1) is 0 Å². The lowest BCUT2D eigenvalue weighted by Crippen LogP contribution is -2.20. The van der Waals surface area contributed by atoms with Crippen molar-refractivity contribution in [1.82, 2.24) is 9.97 Å². The minimum Gasteiger partial charge on any atom is -0.464 e. The first-order valence-electron chi connectivity index (χ1n) is 3.52. The van der Waals surface area contributed by atoms with Gasteiger partial charge in [-0.3, -0.25) is 9.78 Å². The van der Waals surface area contributed by atoms with E-state index in [0.717, 1.165) is 18.9 Å². The van der Waals surface area contributed by atoms with E-state index in [2.05, 4.69) is 14.7 Å². The quantitative estimate of drug-likeness (QED) is 0.442. The summed E-state index contributed by atoms with van der Waals surface area (Å²) in [5.74, 6) is -2.20. The number of aromatic nitrogens is 2. The van der Waals surface area contributed by atoms with Crippen molar-refractivity contribution in [3.05, 3.63) is 21.9 Å². The van der Waals surface area contributed by atoms with Gasteiger partial charge in [-0.25, -0.2) is 9.78 Å². The molecule has 1 aromatic heterocycles. The molecular formula is C7H7FN2O3S. The molecule has 0 spiro atoms.